The summed E-state index contributed by atoms with van der Waals surface area (Å²) in [6.45, 7) is 6.29. The first-order valence-electron chi connectivity index (χ1n) is 15.1. The van der Waals surface area contributed by atoms with Gasteiger partial charge in [-0.2, -0.15) is 13.2 Å². The van der Waals surface area contributed by atoms with Crippen LogP contribution in [0.15, 0.2) is 84.9 Å². The number of benzene rings is 4. The van der Waals surface area contributed by atoms with Crippen molar-refractivity contribution in [2.24, 2.45) is 0 Å². The van der Waals surface area contributed by atoms with E-state index in [-0.39, 0.29) is 5.92 Å². The molecule has 5 rings (SSSR count). The van der Waals surface area contributed by atoms with Gasteiger partial charge in [0, 0.05) is 53.3 Å². The number of methoxy groups -OCH3 is 1. The second-order valence-electron chi connectivity index (χ2n) is 11.0. The van der Waals surface area contributed by atoms with E-state index in [4.69, 9.17) is 9.47 Å². The molecular formula is C36H37F3N2O3. The topological polar surface area (TPSA) is 50.8 Å². The Balaban J connectivity index is 1.58. The molecular weight excluding hydrogens is 565 g/mol. The lowest BCUT2D eigenvalue weighted by Crippen LogP contribution is -2.26. The summed E-state index contributed by atoms with van der Waals surface area (Å²) < 4.78 is 50.9. The molecule has 4 aromatic rings. The van der Waals surface area contributed by atoms with E-state index in [1.54, 1.807) is 6.07 Å². The monoisotopic (exact) mass is 602 g/mol. The molecule has 1 atom stereocenters. The highest BCUT2D eigenvalue weighted by atomic mass is 19.4. The van der Waals surface area contributed by atoms with Crippen LogP contribution in [0.2, 0.25) is 0 Å². The Bertz CT molecular complexity index is 1590. The van der Waals surface area contributed by atoms with Crippen molar-refractivity contribution in [1.82, 2.24) is 0 Å². The third-order valence-corrected chi connectivity index (χ3v) is 7.96. The van der Waals surface area contributed by atoms with Crippen LogP contribution in [0.3, 0.4) is 0 Å². The van der Waals surface area contributed by atoms with Gasteiger partial charge in [0.15, 0.2) is 0 Å². The summed E-state index contributed by atoms with van der Waals surface area (Å²) in [5, 5.41) is 3.22. The molecule has 1 aliphatic heterocycles. The summed E-state index contributed by atoms with van der Waals surface area (Å²) in [4.78, 5) is 15.3. The van der Waals surface area contributed by atoms with E-state index in [1.165, 1.54) is 19.2 Å². The Hall–Kier alpha value is -4.46. The third-order valence-electron chi connectivity index (χ3n) is 7.96. The molecule has 0 spiro atoms. The van der Waals surface area contributed by atoms with E-state index < -0.39 is 17.7 Å². The molecule has 1 aliphatic rings. The average molecular weight is 603 g/mol. The highest BCUT2D eigenvalue weighted by Gasteiger charge is 2.33. The number of alkyl halides is 3. The molecule has 0 saturated heterocycles. The summed E-state index contributed by atoms with van der Waals surface area (Å²) in [6, 6.07) is 24.2. The van der Waals surface area contributed by atoms with Gasteiger partial charge in [-0.3, -0.25) is 0 Å². The van der Waals surface area contributed by atoms with Crippen molar-refractivity contribution in [3.8, 4) is 11.5 Å². The molecule has 230 valence electrons. The molecule has 1 heterocycles. The molecule has 1 unspecified atom stereocenters. The first kappa shape index (κ1) is 31.0. The van der Waals surface area contributed by atoms with Gasteiger partial charge < -0.3 is 19.7 Å². The lowest BCUT2D eigenvalue weighted by atomic mass is 9.80. The maximum atomic E-state index is 13.1. The van der Waals surface area contributed by atoms with Crippen molar-refractivity contribution >= 4 is 23.0 Å². The normalized spacial score (nSPS) is 13.8. The Morgan fingerprint density at radius 1 is 0.818 bits per heavy atom. The predicted octanol–water partition coefficient (Wildman–Crippen LogP) is 9.93. The molecule has 0 amide bonds. The van der Waals surface area contributed by atoms with Gasteiger partial charge in [-0.1, -0.05) is 51.0 Å². The lowest BCUT2D eigenvalue weighted by molar-refractivity contribution is -0.137. The number of nitrogens with zero attached hydrogens (tertiary/aromatic N) is 1. The largest absolute Gasteiger partial charge is 0.465 e. The summed E-state index contributed by atoms with van der Waals surface area (Å²) >= 11 is 0. The van der Waals surface area contributed by atoms with Gasteiger partial charge in [-0.05, 0) is 73.0 Å². The van der Waals surface area contributed by atoms with Crippen molar-refractivity contribution < 1.29 is 27.4 Å². The SMILES string of the molecule is CCCCN(CCCC)c1ccc2c(c1)Oc1ccc(Nc3ccc(C(F)(F)F)cc3)cc1C2c1ccccc1C(=O)OC. The Morgan fingerprint density at radius 2 is 1.50 bits per heavy atom. The maximum absolute atomic E-state index is 13.1. The van der Waals surface area contributed by atoms with Gasteiger partial charge in [0.05, 0.1) is 18.2 Å². The molecule has 0 saturated carbocycles. The van der Waals surface area contributed by atoms with Crippen molar-refractivity contribution in [3.05, 3.63) is 113 Å². The van der Waals surface area contributed by atoms with Crippen molar-refractivity contribution in [2.75, 3.05) is 30.4 Å². The summed E-state index contributed by atoms with van der Waals surface area (Å²) in [7, 11) is 1.37. The van der Waals surface area contributed by atoms with Gasteiger partial charge >= 0.3 is 12.1 Å². The molecule has 1 N–H and O–H groups in total. The second kappa shape index (κ2) is 13.5. The molecule has 0 radical (unpaired) electrons. The van der Waals surface area contributed by atoms with Crippen LogP contribution in [0, 0.1) is 0 Å². The second-order valence-corrected chi connectivity index (χ2v) is 11.0. The van der Waals surface area contributed by atoms with E-state index in [1.807, 2.05) is 36.4 Å². The Labute approximate surface area is 256 Å². The van der Waals surface area contributed by atoms with Crippen molar-refractivity contribution in [3.63, 3.8) is 0 Å². The number of fused-ring (bicyclic) bond motifs is 2. The number of nitrogens with one attached hydrogen (secondary N) is 1. The highest BCUT2D eigenvalue weighted by molar-refractivity contribution is 5.92. The van der Waals surface area contributed by atoms with E-state index >= 15 is 0 Å². The molecule has 0 bridgehead atoms. The van der Waals surface area contributed by atoms with E-state index in [0.29, 0.717) is 22.7 Å². The zero-order valence-electron chi connectivity index (χ0n) is 25.2. The number of hydrogen-bond acceptors (Lipinski definition) is 5. The minimum Gasteiger partial charge on any atom is -0.465 e. The fourth-order valence-corrected chi connectivity index (χ4v) is 5.63. The maximum Gasteiger partial charge on any atom is 0.416 e. The van der Waals surface area contributed by atoms with Gasteiger partial charge in [0.25, 0.3) is 0 Å². The van der Waals surface area contributed by atoms with Crippen LogP contribution in [-0.4, -0.2) is 26.2 Å². The fraction of sp³-hybridized carbons (Fsp3) is 0.306. The number of unbranched alkanes of at least 4 members (excludes halogenated alkanes) is 2. The standard InChI is InChI=1S/C36H37F3N2O3/c1-4-6-20-41(21-7-5-2)27-17-18-30-33(23-27)44-32-19-16-26(40-25-14-12-24(13-15-25)36(37,38)39)22-31(32)34(30)28-10-8-9-11-29(28)35(42)43-3/h8-19,22-23,34,40H,4-7,20-21H2,1-3H3. The van der Waals surface area contributed by atoms with Gasteiger partial charge in [-0.25, -0.2) is 4.79 Å². The minimum atomic E-state index is -4.40. The molecule has 4 aromatic carbocycles. The number of halogens is 3. The van der Waals surface area contributed by atoms with E-state index in [2.05, 4.69) is 42.3 Å². The summed E-state index contributed by atoms with van der Waals surface area (Å²) in [6.07, 6.45) is -0.0137. The molecule has 0 aromatic heterocycles. The van der Waals surface area contributed by atoms with Crippen molar-refractivity contribution in [2.45, 2.75) is 51.6 Å². The quantitative estimate of drug-likeness (QED) is 0.153. The highest BCUT2D eigenvalue weighted by Crippen LogP contribution is 2.50. The average Bonchev–Trinajstić information content (AvgIpc) is 3.03. The predicted molar refractivity (Wildman–Crippen MR) is 168 cm³/mol. The number of hydrogen-bond donors (Lipinski definition) is 1. The smallest absolute Gasteiger partial charge is 0.416 e. The number of carbonyl (C=O) groups is 1. The lowest BCUT2D eigenvalue weighted by Gasteiger charge is -2.32. The van der Waals surface area contributed by atoms with Crippen LogP contribution in [0.25, 0.3) is 0 Å². The molecule has 0 fully saturated rings. The summed E-state index contributed by atoms with van der Waals surface area (Å²) in [5.74, 6) is 0.579. The van der Waals surface area contributed by atoms with Crippen molar-refractivity contribution in [1.29, 1.82) is 0 Å². The third kappa shape index (κ3) is 6.69. The number of ether oxygens (including phenoxy) is 2. The van der Waals surface area contributed by atoms with Gasteiger partial charge in [0.2, 0.25) is 0 Å². The van der Waals surface area contributed by atoms with Crippen LogP contribution in [0.5, 0.6) is 11.5 Å². The fourth-order valence-electron chi connectivity index (χ4n) is 5.63. The number of anilines is 3. The number of carbonyl (C=O) groups excluding carboxylic acids is 1. The molecule has 44 heavy (non-hydrogen) atoms. The zero-order chi connectivity index (χ0) is 31.3. The number of esters is 1. The Morgan fingerprint density at radius 3 is 2.16 bits per heavy atom. The Kier molecular flexibility index (Phi) is 9.47. The minimum absolute atomic E-state index is 0.354. The van der Waals surface area contributed by atoms with E-state index in [0.717, 1.165) is 79.0 Å². The van der Waals surface area contributed by atoms with Crippen LogP contribution < -0.4 is 15.0 Å². The van der Waals surface area contributed by atoms with E-state index in [9.17, 15) is 18.0 Å². The van der Waals surface area contributed by atoms with Crippen LogP contribution >= 0.6 is 0 Å². The molecule has 8 heteroatoms. The van der Waals surface area contributed by atoms with Gasteiger partial charge in [-0.15, -0.1) is 0 Å². The van der Waals surface area contributed by atoms with Crippen LogP contribution in [0.4, 0.5) is 30.2 Å². The van der Waals surface area contributed by atoms with Crippen LogP contribution in [0.1, 0.15) is 78.1 Å². The zero-order valence-corrected chi connectivity index (χ0v) is 25.2. The number of rotatable bonds is 11. The first-order valence-corrected chi connectivity index (χ1v) is 15.1. The van der Waals surface area contributed by atoms with Crippen LogP contribution in [-0.2, 0) is 10.9 Å². The van der Waals surface area contributed by atoms with Gasteiger partial charge in [0.1, 0.15) is 11.5 Å². The molecule has 5 nitrogen and oxygen atoms in total. The summed E-state index contributed by atoms with van der Waals surface area (Å²) in [5.41, 5.74) is 4.55. The molecule has 0 aliphatic carbocycles. The first-order chi connectivity index (χ1) is 21.2.